The lowest BCUT2D eigenvalue weighted by Crippen LogP contribution is -2.25. The van der Waals surface area contributed by atoms with Crippen molar-refractivity contribution in [3.63, 3.8) is 0 Å². The van der Waals surface area contributed by atoms with Gasteiger partial charge in [-0.05, 0) is 68.5 Å². The van der Waals surface area contributed by atoms with Crippen LogP contribution in [0.5, 0.6) is 5.75 Å². The van der Waals surface area contributed by atoms with Crippen molar-refractivity contribution in [2.45, 2.75) is 47.5 Å². The third-order valence-electron chi connectivity index (χ3n) is 5.08. The van der Waals surface area contributed by atoms with E-state index in [9.17, 15) is 5.11 Å². The van der Waals surface area contributed by atoms with E-state index in [1.807, 2.05) is 32.0 Å². The molecule has 1 aromatic carbocycles. The van der Waals surface area contributed by atoms with Crippen molar-refractivity contribution in [3.8, 4) is 5.75 Å². The first-order chi connectivity index (χ1) is 13.9. The Hall–Kier alpha value is -2.86. The average Bonchev–Trinajstić information content (AvgIpc) is 2.74. The van der Waals surface area contributed by atoms with Crippen molar-refractivity contribution < 1.29 is 9.94 Å². The Labute approximate surface area is 173 Å². The van der Waals surface area contributed by atoms with Crippen LogP contribution in [-0.2, 0) is 17.7 Å². The zero-order valence-electron chi connectivity index (χ0n) is 18.1. The maximum absolute atomic E-state index is 10.2. The molecular formula is C23H32N4O2. The molecule has 0 radical (unpaired) electrons. The van der Waals surface area contributed by atoms with Gasteiger partial charge in [-0.15, -0.1) is 0 Å². The maximum atomic E-state index is 10.2. The summed E-state index contributed by atoms with van der Waals surface area (Å²) in [5.74, 6) is 7.07. The minimum Gasteiger partial charge on any atom is -0.507 e. The average molecular weight is 397 g/mol. The number of aryl methyl sites for hydroxylation is 3. The standard InChI is InChI=1S/C23H32N4O2/c1-7-17-12-19(11-15(5)21(17)28)16(6)26-23(29-24)20-13-18(8-2)22(25-14-20)27(9-3)10-4/h11-14,28H,6-10,24H2,1-5H3/b26-23-. The molecule has 1 aromatic heterocycles. The van der Waals surface area contributed by atoms with Crippen LogP contribution in [-0.4, -0.2) is 29.1 Å². The number of benzene rings is 1. The van der Waals surface area contributed by atoms with Crippen molar-refractivity contribution in [3.05, 3.63) is 58.8 Å². The zero-order chi connectivity index (χ0) is 21.6. The number of rotatable bonds is 8. The molecule has 0 aliphatic carbocycles. The van der Waals surface area contributed by atoms with Gasteiger partial charge >= 0.3 is 0 Å². The van der Waals surface area contributed by atoms with Gasteiger partial charge in [-0.25, -0.2) is 9.98 Å². The quantitative estimate of drug-likeness (QED) is 0.393. The summed E-state index contributed by atoms with van der Waals surface area (Å²) in [6.07, 6.45) is 3.28. The van der Waals surface area contributed by atoms with Gasteiger partial charge in [0.25, 0.3) is 0 Å². The van der Waals surface area contributed by atoms with Crippen LogP contribution < -0.4 is 10.8 Å². The number of aromatic hydroxyl groups is 1. The summed E-state index contributed by atoms with van der Waals surface area (Å²) in [6.45, 7) is 16.0. The van der Waals surface area contributed by atoms with Crippen LogP contribution in [0.4, 0.5) is 5.82 Å². The number of hydrogen-bond donors (Lipinski definition) is 2. The molecule has 29 heavy (non-hydrogen) atoms. The minimum absolute atomic E-state index is 0.257. The molecule has 0 aliphatic rings. The Bertz CT molecular complexity index is 902. The number of phenolic OH excluding ortho intramolecular Hbond substituents is 1. The summed E-state index contributed by atoms with van der Waals surface area (Å²) >= 11 is 0. The van der Waals surface area contributed by atoms with E-state index in [0.29, 0.717) is 23.4 Å². The number of anilines is 1. The molecule has 6 heteroatoms. The highest BCUT2D eigenvalue weighted by molar-refractivity contribution is 5.97. The van der Waals surface area contributed by atoms with Crippen LogP contribution in [0.2, 0.25) is 0 Å². The molecule has 0 saturated heterocycles. The number of nitrogens with two attached hydrogens (primary N) is 1. The molecule has 156 valence electrons. The maximum Gasteiger partial charge on any atom is 0.246 e. The molecule has 0 unspecified atom stereocenters. The van der Waals surface area contributed by atoms with E-state index in [4.69, 9.17) is 10.7 Å². The molecule has 6 nitrogen and oxygen atoms in total. The molecule has 2 aromatic rings. The number of pyridine rings is 1. The Balaban J connectivity index is 2.44. The second-order valence-electron chi connectivity index (χ2n) is 6.87. The third kappa shape index (κ3) is 4.95. The van der Waals surface area contributed by atoms with E-state index in [2.05, 4.69) is 42.2 Å². The van der Waals surface area contributed by atoms with Crippen LogP contribution in [0.1, 0.15) is 55.5 Å². The van der Waals surface area contributed by atoms with Gasteiger partial charge in [0.1, 0.15) is 11.6 Å². The van der Waals surface area contributed by atoms with Gasteiger partial charge in [0, 0.05) is 24.8 Å². The summed E-state index contributed by atoms with van der Waals surface area (Å²) < 4.78 is 0. The Morgan fingerprint density at radius 1 is 1.10 bits per heavy atom. The molecule has 2 rings (SSSR count). The fourth-order valence-corrected chi connectivity index (χ4v) is 3.32. The van der Waals surface area contributed by atoms with Crippen molar-refractivity contribution in [1.82, 2.24) is 4.98 Å². The lowest BCUT2D eigenvalue weighted by atomic mass is 10.0. The van der Waals surface area contributed by atoms with Gasteiger partial charge < -0.3 is 14.8 Å². The molecule has 0 atom stereocenters. The molecule has 0 spiro atoms. The Morgan fingerprint density at radius 2 is 1.72 bits per heavy atom. The summed E-state index contributed by atoms with van der Waals surface area (Å²) in [5, 5.41) is 10.2. The smallest absolute Gasteiger partial charge is 0.246 e. The first-order valence-corrected chi connectivity index (χ1v) is 10.1. The van der Waals surface area contributed by atoms with Gasteiger partial charge in [-0.3, -0.25) is 0 Å². The van der Waals surface area contributed by atoms with Gasteiger partial charge in [-0.1, -0.05) is 20.4 Å². The molecule has 3 N–H and O–H groups in total. The largest absolute Gasteiger partial charge is 0.507 e. The number of hydrogen-bond acceptors (Lipinski definition) is 6. The zero-order valence-corrected chi connectivity index (χ0v) is 18.1. The highest BCUT2D eigenvalue weighted by atomic mass is 16.6. The predicted molar refractivity (Wildman–Crippen MR) is 120 cm³/mol. The summed E-state index contributed by atoms with van der Waals surface area (Å²) in [5.41, 5.74) is 4.77. The summed E-state index contributed by atoms with van der Waals surface area (Å²) in [6, 6.07) is 5.76. The van der Waals surface area contributed by atoms with Crippen LogP contribution in [0.3, 0.4) is 0 Å². The van der Waals surface area contributed by atoms with Crippen molar-refractivity contribution in [1.29, 1.82) is 0 Å². The van der Waals surface area contributed by atoms with Crippen LogP contribution >= 0.6 is 0 Å². The highest BCUT2D eigenvalue weighted by Crippen LogP contribution is 2.28. The van der Waals surface area contributed by atoms with Gasteiger partial charge in [-0.2, -0.15) is 5.90 Å². The lowest BCUT2D eigenvalue weighted by molar-refractivity contribution is 0.322. The van der Waals surface area contributed by atoms with Gasteiger partial charge in [0.15, 0.2) is 0 Å². The minimum atomic E-state index is 0.257. The molecule has 0 amide bonds. The fraction of sp³-hybridized carbons (Fsp3) is 0.391. The number of aliphatic imine (C=N–C) groups is 1. The first kappa shape index (κ1) is 22.4. The monoisotopic (exact) mass is 396 g/mol. The molecule has 0 fully saturated rings. The van der Waals surface area contributed by atoms with E-state index in [1.54, 1.807) is 6.20 Å². The van der Waals surface area contributed by atoms with E-state index < -0.39 is 0 Å². The van der Waals surface area contributed by atoms with E-state index in [-0.39, 0.29) is 5.90 Å². The second-order valence-corrected chi connectivity index (χ2v) is 6.87. The van der Waals surface area contributed by atoms with Crippen molar-refractivity contribution in [2.75, 3.05) is 18.0 Å². The summed E-state index contributed by atoms with van der Waals surface area (Å²) in [4.78, 5) is 16.4. The van der Waals surface area contributed by atoms with E-state index in [1.165, 1.54) is 0 Å². The molecular weight excluding hydrogens is 364 g/mol. The van der Waals surface area contributed by atoms with E-state index in [0.717, 1.165) is 47.6 Å². The Morgan fingerprint density at radius 3 is 2.28 bits per heavy atom. The number of nitrogens with zero attached hydrogens (tertiary/aromatic N) is 3. The number of aromatic nitrogens is 1. The predicted octanol–water partition coefficient (Wildman–Crippen LogP) is 4.37. The summed E-state index contributed by atoms with van der Waals surface area (Å²) in [7, 11) is 0. The third-order valence-corrected chi connectivity index (χ3v) is 5.08. The molecule has 0 aliphatic heterocycles. The van der Waals surface area contributed by atoms with E-state index >= 15 is 0 Å². The number of phenols is 1. The van der Waals surface area contributed by atoms with Crippen LogP contribution in [0.15, 0.2) is 36.0 Å². The lowest BCUT2D eigenvalue weighted by Gasteiger charge is -2.23. The Kier molecular flexibility index (Phi) is 7.79. The van der Waals surface area contributed by atoms with Crippen LogP contribution in [0.25, 0.3) is 5.70 Å². The molecule has 1 heterocycles. The van der Waals surface area contributed by atoms with Crippen LogP contribution in [0, 0.1) is 6.92 Å². The first-order valence-electron chi connectivity index (χ1n) is 10.1. The topological polar surface area (TPSA) is 84.0 Å². The van der Waals surface area contributed by atoms with Gasteiger partial charge in [0.2, 0.25) is 5.90 Å². The fourth-order valence-electron chi connectivity index (χ4n) is 3.32. The molecule has 0 saturated carbocycles. The second kappa shape index (κ2) is 10.1. The molecule has 0 bridgehead atoms. The van der Waals surface area contributed by atoms with Gasteiger partial charge in [0.05, 0.1) is 11.3 Å². The normalized spacial score (nSPS) is 11.4. The SMILES string of the molecule is C=C(/N=C(\ON)c1cnc(N(CC)CC)c(CC)c1)c1cc(C)c(O)c(CC)c1. The highest BCUT2D eigenvalue weighted by Gasteiger charge is 2.15. The van der Waals surface area contributed by atoms with Crippen molar-refractivity contribution >= 4 is 17.4 Å². The van der Waals surface area contributed by atoms with Crippen molar-refractivity contribution in [2.24, 2.45) is 10.9 Å².